The lowest BCUT2D eigenvalue weighted by atomic mass is 9.99. The summed E-state index contributed by atoms with van der Waals surface area (Å²) in [6.45, 7) is 3.35. The van der Waals surface area contributed by atoms with Gasteiger partial charge < -0.3 is 19.9 Å². The molecule has 1 aliphatic heterocycles. The van der Waals surface area contributed by atoms with E-state index in [0.29, 0.717) is 13.2 Å². The molecule has 2 N–H and O–H groups in total. The lowest BCUT2D eigenvalue weighted by Crippen LogP contribution is -2.38. The van der Waals surface area contributed by atoms with Crippen LogP contribution in [-0.4, -0.2) is 36.9 Å². The third-order valence-corrected chi connectivity index (χ3v) is 4.74. The van der Waals surface area contributed by atoms with E-state index in [2.05, 4.69) is 5.32 Å². The molecular formula is C21H23F2NO4. The van der Waals surface area contributed by atoms with Crippen molar-refractivity contribution < 1.29 is 28.2 Å². The zero-order valence-corrected chi connectivity index (χ0v) is 15.6. The molecule has 1 heterocycles. The highest BCUT2D eigenvalue weighted by Gasteiger charge is 2.23. The highest BCUT2D eigenvalue weighted by atomic mass is 19.1. The monoisotopic (exact) mass is 391 g/mol. The van der Waals surface area contributed by atoms with Crippen LogP contribution >= 0.6 is 0 Å². The normalized spacial score (nSPS) is 19.2. The first-order chi connectivity index (χ1) is 13.4. The molecule has 2 aromatic rings. The Hall–Kier alpha value is -2.67. The number of hydrogen-bond acceptors (Lipinski definition) is 4. The van der Waals surface area contributed by atoms with E-state index >= 15 is 0 Å². The van der Waals surface area contributed by atoms with Gasteiger partial charge in [0, 0.05) is 18.0 Å². The Morgan fingerprint density at radius 2 is 1.89 bits per heavy atom. The van der Waals surface area contributed by atoms with E-state index in [-0.39, 0.29) is 24.1 Å². The van der Waals surface area contributed by atoms with Crippen molar-refractivity contribution in [1.82, 2.24) is 5.32 Å². The Morgan fingerprint density at radius 3 is 2.50 bits per heavy atom. The van der Waals surface area contributed by atoms with Crippen LogP contribution in [0.1, 0.15) is 28.8 Å². The fourth-order valence-electron chi connectivity index (χ4n) is 3.01. The van der Waals surface area contributed by atoms with Crippen LogP contribution in [0.5, 0.6) is 11.5 Å². The number of halogens is 2. The minimum Gasteiger partial charge on any atom is -0.503 e. The molecule has 2 aromatic carbocycles. The molecule has 1 saturated heterocycles. The number of amides is 1. The van der Waals surface area contributed by atoms with Gasteiger partial charge in [0.2, 0.25) is 0 Å². The van der Waals surface area contributed by atoms with E-state index in [4.69, 9.17) is 14.6 Å². The van der Waals surface area contributed by atoms with Crippen molar-refractivity contribution in [2.45, 2.75) is 25.9 Å². The van der Waals surface area contributed by atoms with Crippen molar-refractivity contribution in [2.75, 3.05) is 19.8 Å². The molecular weight excluding hydrogens is 368 g/mol. The van der Waals surface area contributed by atoms with Gasteiger partial charge in [-0.25, -0.2) is 8.78 Å². The summed E-state index contributed by atoms with van der Waals surface area (Å²) in [6.07, 6.45) is 1.49. The number of hydrogen-bond donors (Lipinski definition) is 2. The number of nitrogens with one attached hydrogen (secondary N) is 1. The summed E-state index contributed by atoms with van der Waals surface area (Å²) >= 11 is 0. The molecule has 3 rings (SSSR count). The molecule has 28 heavy (non-hydrogen) atoms. The van der Waals surface area contributed by atoms with Crippen LogP contribution in [0.3, 0.4) is 0 Å². The number of phenolic OH excluding ortho intramolecular Hbond substituents is 1. The van der Waals surface area contributed by atoms with Gasteiger partial charge in [-0.2, -0.15) is 0 Å². The molecule has 0 aromatic heterocycles. The van der Waals surface area contributed by atoms with E-state index < -0.39 is 23.3 Å². The molecule has 0 saturated carbocycles. The number of rotatable bonds is 6. The van der Waals surface area contributed by atoms with Crippen LogP contribution in [-0.2, 0) is 4.74 Å². The van der Waals surface area contributed by atoms with E-state index in [1.54, 1.807) is 0 Å². The Morgan fingerprint density at radius 1 is 1.21 bits per heavy atom. The van der Waals surface area contributed by atoms with E-state index in [1.807, 2.05) is 31.2 Å². The Bertz CT molecular complexity index is 795. The molecule has 0 bridgehead atoms. The minimum absolute atomic E-state index is 0.161. The van der Waals surface area contributed by atoms with Crippen molar-refractivity contribution >= 4 is 5.91 Å². The molecule has 5 nitrogen and oxygen atoms in total. The number of carbonyl (C=O) groups excluding carboxylic acids is 1. The number of carbonyl (C=O) groups is 1. The second-order valence-corrected chi connectivity index (χ2v) is 7.02. The number of aromatic hydroxyl groups is 1. The first-order valence-electron chi connectivity index (χ1n) is 9.19. The molecule has 2 unspecified atom stereocenters. The average molecular weight is 391 g/mol. The van der Waals surface area contributed by atoms with Gasteiger partial charge in [0.25, 0.3) is 5.91 Å². The fraction of sp³-hybridized carbons (Fsp3) is 0.381. The van der Waals surface area contributed by atoms with Crippen molar-refractivity contribution in [3.8, 4) is 11.5 Å². The standard InChI is InChI=1S/C21H23F2NO4/c1-13-2-5-16(6-3-13)27-11-14-4-7-17(28-12-14)10-24-21(26)15-8-18(22)20(25)19(23)9-15/h2-3,5-6,8-9,14,17,25H,4,7,10-12H2,1H3,(H,24,26). The van der Waals surface area contributed by atoms with Crippen LogP contribution in [0.4, 0.5) is 8.78 Å². The highest BCUT2D eigenvalue weighted by Crippen LogP contribution is 2.22. The molecule has 0 spiro atoms. The number of phenols is 1. The molecule has 150 valence electrons. The smallest absolute Gasteiger partial charge is 0.251 e. The maximum absolute atomic E-state index is 13.3. The predicted molar refractivity (Wildman–Crippen MR) is 99.5 cm³/mol. The summed E-state index contributed by atoms with van der Waals surface area (Å²) in [7, 11) is 0. The highest BCUT2D eigenvalue weighted by molar-refractivity contribution is 5.94. The second-order valence-electron chi connectivity index (χ2n) is 7.02. The first kappa shape index (κ1) is 20.1. The summed E-state index contributed by atoms with van der Waals surface area (Å²) in [6, 6.07) is 9.47. The van der Waals surface area contributed by atoms with E-state index in [9.17, 15) is 13.6 Å². The lowest BCUT2D eigenvalue weighted by molar-refractivity contribution is -0.0251. The Labute approximate surface area is 162 Å². The topological polar surface area (TPSA) is 67.8 Å². The molecule has 0 aliphatic carbocycles. The van der Waals surface area contributed by atoms with E-state index in [1.165, 1.54) is 5.56 Å². The van der Waals surface area contributed by atoms with Crippen molar-refractivity contribution in [2.24, 2.45) is 5.92 Å². The molecule has 1 amide bonds. The third-order valence-electron chi connectivity index (χ3n) is 4.74. The molecule has 2 atom stereocenters. The van der Waals surface area contributed by atoms with Crippen LogP contribution in [0.25, 0.3) is 0 Å². The van der Waals surface area contributed by atoms with Crippen molar-refractivity contribution in [3.63, 3.8) is 0 Å². The summed E-state index contributed by atoms with van der Waals surface area (Å²) in [4.78, 5) is 12.0. The summed E-state index contributed by atoms with van der Waals surface area (Å²) in [5, 5.41) is 11.7. The van der Waals surface area contributed by atoms with Gasteiger partial charge in [-0.3, -0.25) is 4.79 Å². The zero-order valence-electron chi connectivity index (χ0n) is 15.6. The summed E-state index contributed by atoms with van der Waals surface area (Å²) < 4.78 is 38.2. The number of aryl methyl sites for hydroxylation is 1. The SMILES string of the molecule is Cc1ccc(OCC2CCC(CNC(=O)c3cc(F)c(O)c(F)c3)OC2)cc1. The van der Waals surface area contributed by atoms with Gasteiger partial charge in [0.05, 0.1) is 19.3 Å². The largest absolute Gasteiger partial charge is 0.503 e. The van der Waals surface area contributed by atoms with Crippen molar-refractivity contribution in [1.29, 1.82) is 0 Å². The quantitative estimate of drug-likeness (QED) is 0.790. The number of ether oxygens (including phenoxy) is 2. The minimum atomic E-state index is -1.17. The van der Waals surface area contributed by atoms with E-state index in [0.717, 1.165) is 30.7 Å². The summed E-state index contributed by atoms with van der Waals surface area (Å²) in [5.41, 5.74) is 0.990. The fourth-order valence-corrected chi connectivity index (χ4v) is 3.01. The molecule has 1 aliphatic rings. The van der Waals surface area contributed by atoms with Gasteiger partial charge >= 0.3 is 0 Å². The molecule has 1 fully saturated rings. The van der Waals surface area contributed by atoms with Gasteiger partial charge in [0.15, 0.2) is 17.4 Å². The Balaban J connectivity index is 1.40. The van der Waals surface area contributed by atoms with Gasteiger partial charge in [-0.1, -0.05) is 17.7 Å². The predicted octanol–water partition coefficient (Wildman–Crippen LogP) is 3.58. The number of benzene rings is 2. The average Bonchev–Trinajstić information content (AvgIpc) is 2.70. The van der Waals surface area contributed by atoms with Crippen molar-refractivity contribution in [3.05, 3.63) is 59.2 Å². The van der Waals surface area contributed by atoms with Crippen LogP contribution in [0.2, 0.25) is 0 Å². The first-order valence-corrected chi connectivity index (χ1v) is 9.19. The van der Waals surface area contributed by atoms with Gasteiger partial charge in [-0.15, -0.1) is 0 Å². The van der Waals surface area contributed by atoms with Crippen LogP contribution < -0.4 is 10.1 Å². The van der Waals surface area contributed by atoms with Crippen LogP contribution in [0.15, 0.2) is 36.4 Å². The molecule has 0 radical (unpaired) electrons. The summed E-state index contributed by atoms with van der Waals surface area (Å²) in [5.74, 6) is -2.95. The maximum Gasteiger partial charge on any atom is 0.251 e. The van der Waals surface area contributed by atoms with Gasteiger partial charge in [-0.05, 0) is 44.0 Å². The maximum atomic E-state index is 13.3. The van der Waals surface area contributed by atoms with Gasteiger partial charge in [0.1, 0.15) is 5.75 Å². The lowest BCUT2D eigenvalue weighted by Gasteiger charge is -2.29. The zero-order chi connectivity index (χ0) is 20.1. The Kier molecular flexibility index (Phi) is 6.46. The second kappa shape index (κ2) is 9.01. The van der Waals surface area contributed by atoms with Crippen LogP contribution in [0, 0.1) is 24.5 Å². The molecule has 7 heteroatoms. The third kappa shape index (κ3) is 5.19.